The Bertz CT molecular complexity index is 1890. The first-order chi connectivity index (χ1) is 22.8. The van der Waals surface area contributed by atoms with E-state index in [9.17, 15) is 24.6 Å². The molecule has 4 aromatic rings. The molecule has 4 aromatic carbocycles. The maximum atomic E-state index is 14.3. The molecular weight excluding hydrogens is 590 g/mol. The van der Waals surface area contributed by atoms with Gasteiger partial charge in [-0.1, -0.05) is 79.7 Å². The van der Waals surface area contributed by atoms with E-state index in [1.54, 1.807) is 41.0 Å². The third-order valence-electron chi connectivity index (χ3n) is 9.79. The third kappa shape index (κ3) is 5.23. The summed E-state index contributed by atoms with van der Waals surface area (Å²) in [6, 6.07) is 30.0. The maximum absolute atomic E-state index is 14.3. The van der Waals surface area contributed by atoms with E-state index in [1.807, 2.05) is 84.9 Å². The Morgan fingerprint density at radius 2 is 1.55 bits per heavy atom. The van der Waals surface area contributed by atoms with Gasteiger partial charge >= 0.3 is 0 Å². The van der Waals surface area contributed by atoms with Crippen LogP contribution in [0.4, 0.5) is 22.7 Å². The molecule has 3 amide bonds. The van der Waals surface area contributed by atoms with E-state index in [1.165, 1.54) is 4.90 Å². The molecule has 8 nitrogen and oxygen atoms in total. The van der Waals surface area contributed by atoms with Gasteiger partial charge in [0.2, 0.25) is 11.8 Å². The number of carbonyl (C=O) groups is 3. The summed E-state index contributed by atoms with van der Waals surface area (Å²) in [5.74, 6) is -1.41. The van der Waals surface area contributed by atoms with Gasteiger partial charge in [-0.15, -0.1) is 0 Å². The molecule has 238 valence electrons. The Kier molecular flexibility index (Phi) is 7.99. The Morgan fingerprint density at radius 1 is 0.851 bits per heavy atom. The van der Waals surface area contributed by atoms with Crippen molar-refractivity contribution in [3.8, 4) is 0 Å². The number of aliphatic hydroxyl groups excluding tert-OH is 1. The average molecular weight is 628 g/mol. The third-order valence-corrected chi connectivity index (χ3v) is 9.79. The first kappa shape index (κ1) is 30.6. The van der Waals surface area contributed by atoms with Gasteiger partial charge in [-0.2, -0.15) is 0 Å². The summed E-state index contributed by atoms with van der Waals surface area (Å²) in [6.45, 7) is 2.05. The topological polar surface area (TPSA) is 101 Å². The number of benzene rings is 4. The summed E-state index contributed by atoms with van der Waals surface area (Å²) >= 11 is 0. The fourth-order valence-corrected chi connectivity index (χ4v) is 7.22. The number of anilines is 4. The minimum Gasteiger partial charge on any atom is -0.394 e. The van der Waals surface area contributed by atoms with Gasteiger partial charge in [0, 0.05) is 42.2 Å². The lowest BCUT2D eigenvalue weighted by Crippen LogP contribution is -2.46. The molecule has 2 N–H and O–H groups in total. The van der Waals surface area contributed by atoms with Crippen molar-refractivity contribution in [1.82, 2.24) is 4.90 Å². The van der Waals surface area contributed by atoms with Crippen LogP contribution in [0.2, 0.25) is 0 Å². The number of aliphatic hydroxyl groups is 2. The van der Waals surface area contributed by atoms with Crippen molar-refractivity contribution in [2.24, 2.45) is 5.92 Å². The minimum absolute atomic E-state index is 0.0515. The molecule has 0 unspecified atom stereocenters. The van der Waals surface area contributed by atoms with Gasteiger partial charge in [0.1, 0.15) is 0 Å². The van der Waals surface area contributed by atoms with Gasteiger partial charge in [0.15, 0.2) is 5.60 Å². The highest BCUT2D eigenvalue weighted by atomic mass is 16.3. The SMILES string of the molecule is C[C@H](/C=C/CC(=O)N1Cc2ccccc2C[C@H]1CO)[C@@]1(O)C(=O)N(c2ccccc2)c2ccc(N3C(=O)CCc4ccccc43)cc21. The predicted molar refractivity (Wildman–Crippen MR) is 180 cm³/mol. The zero-order valence-electron chi connectivity index (χ0n) is 26.3. The first-order valence-corrected chi connectivity index (χ1v) is 16.1. The lowest BCUT2D eigenvalue weighted by molar-refractivity contribution is -0.138. The lowest BCUT2D eigenvalue weighted by atomic mass is 9.82. The largest absolute Gasteiger partial charge is 0.394 e. The standard InChI is InChI=1S/C39H37N3O5/c1-26(10-9-17-36(44)40-24-29-13-6-5-12-28(29)22-32(40)25-43)39(47)33-23-31(41-34-16-8-7-11-27(34)18-21-37(41)45)19-20-35(33)42(38(39)46)30-14-3-2-4-15-30/h2-16,19-20,23,26,32,43,47H,17-18,21-22,24-25H2,1H3/b10-9+/t26-,32+,39+/m1/s1. The normalized spacial score (nSPS) is 21.1. The summed E-state index contributed by atoms with van der Waals surface area (Å²) in [7, 11) is 0. The predicted octanol–water partition coefficient (Wildman–Crippen LogP) is 5.69. The van der Waals surface area contributed by atoms with Crippen molar-refractivity contribution < 1.29 is 24.6 Å². The zero-order valence-corrected chi connectivity index (χ0v) is 26.3. The summed E-state index contributed by atoms with van der Waals surface area (Å²) < 4.78 is 0. The molecule has 47 heavy (non-hydrogen) atoms. The molecule has 0 aromatic heterocycles. The number of hydrogen-bond donors (Lipinski definition) is 2. The van der Waals surface area contributed by atoms with Crippen molar-refractivity contribution in [3.63, 3.8) is 0 Å². The number of nitrogens with zero attached hydrogens (tertiary/aromatic N) is 3. The van der Waals surface area contributed by atoms with E-state index in [4.69, 9.17) is 0 Å². The summed E-state index contributed by atoms with van der Waals surface area (Å²) in [6.07, 6.45) is 5.08. The fraction of sp³-hybridized carbons (Fsp3) is 0.256. The molecule has 3 aliphatic heterocycles. The van der Waals surface area contributed by atoms with E-state index >= 15 is 0 Å². The Labute approximate surface area is 274 Å². The van der Waals surface area contributed by atoms with E-state index in [0.29, 0.717) is 48.4 Å². The molecular formula is C39H37N3O5. The number of rotatable bonds is 7. The molecule has 0 radical (unpaired) electrons. The van der Waals surface area contributed by atoms with Crippen molar-refractivity contribution in [2.45, 2.75) is 50.8 Å². The fourth-order valence-electron chi connectivity index (χ4n) is 7.22. The number of amides is 3. The second-order valence-corrected chi connectivity index (χ2v) is 12.6. The van der Waals surface area contributed by atoms with Crippen LogP contribution in [0, 0.1) is 5.92 Å². The summed E-state index contributed by atoms with van der Waals surface area (Å²) in [5, 5.41) is 22.5. The van der Waals surface area contributed by atoms with Crippen LogP contribution in [0.5, 0.6) is 0 Å². The molecule has 0 bridgehead atoms. The summed E-state index contributed by atoms with van der Waals surface area (Å²) in [5.41, 5.74) is 4.24. The van der Waals surface area contributed by atoms with Gasteiger partial charge in [-0.3, -0.25) is 24.2 Å². The van der Waals surface area contributed by atoms with Crippen molar-refractivity contribution in [2.75, 3.05) is 16.4 Å². The second-order valence-electron chi connectivity index (χ2n) is 12.6. The molecule has 0 fully saturated rings. The minimum atomic E-state index is -1.96. The number of carbonyl (C=O) groups excluding carboxylic acids is 3. The Morgan fingerprint density at radius 3 is 2.32 bits per heavy atom. The van der Waals surface area contributed by atoms with Gasteiger partial charge < -0.3 is 15.1 Å². The first-order valence-electron chi connectivity index (χ1n) is 16.1. The van der Waals surface area contributed by atoms with Crippen LogP contribution < -0.4 is 9.80 Å². The molecule has 0 spiro atoms. The smallest absolute Gasteiger partial charge is 0.268 e. The Hall–Kier alpha value is -5.05. The van der Waals surface area contributed by atoms with Gasteiger partial charge in [0.25, 0.3) is 5.91 Å². The highest BCUT2D eigenvalue weighted by molar-refractivity contribution is 6.13. The van der Waals surface area contributed by atoms with E-state index in [2.05, 4.69) is 0 Å². The molecule has 3 aliphatic rings. The second kappa shape index (κ2) is 12.3. The van der Waals surface area contributed by atoms with Gasteiger partial charge in [-0.05, 0) is 65.9 Å². The molecule has 0 saturated heterocycles. The van der Waals surface area contributed by atoms with Crippen LogP contribution >= 0.6 is 0 Å². The van der Waals surface area contributed by atoms with Crippen LogP contribution in [0.15, 0.2) is 109 Å². The van der Waals surface area contributed by atoms with Gasteiger partial charge in [-0.25, -0.2) is 0 Å². The van der Waals surface area contributed by atoms with Crippen LogP contribution in [-0.4, -0.2) is 45.5 Å². The molecule has 0 saturated carbocycles. The zero-order chi connectivity index (χ0) is 32.7. The molecule has 8 heteroatoms. The number of para-hydroxylation sites is 2. The molecule has 0 aliphatic carbocycles. The highest BCUT2D eigenvalue weighted by Gasteiger charge is 2.53. The highest BCUT2D eigenvalue weighted by Crippen LogP contribution is 2.50. The average Bonchev–Trinajstić information content (AvgIpc) is 3.33. The van der Waals surface area contributed by atoms with Crippen molar-refractivity contribution >= 4 is 40.5 Å². The van der Waals surface area contributed by atoms with Gasteiger partial charge in [0.05, 0.1) is 24.0 Å². The monoisotopic (exact) mass is 627 g/mol. The molecule has 3 heterocycles. The van der Waals surface area contributed by atoms with E-state index in [0.717, 1.165) is 22.4 Å². The Balaban J connectivity index is 1.21. The van der Waals surface area contributed by atoms with Crippen LogP contribution in [0.3, 0.4) is 0 Å². The van der Waals surface area contributed by atoms with Crippen molar-refractivity contribution in [1.29, 1.82) is 0 Å². The number of hydrogen-bond acceptors (Lipinski definition) is 5. The summed E-state index contributed by atoms with van der Waals surface area (Å²) in [4.78, 5) is 45.9. The quantitative estimate of drug-likeness (QED) is 0.257. The van der Waals surface area contributed by atoms with Crippen LogP contribution in [-0.2, 0) is 39.4 Å². The van der Waals surface area contributed by atoms with Crippen molar-refractivity contribution in [3.05, 3.63) is 131 Å². The molecule has 7 rings (SSSR count). The maximum Gasteiger partial charge on any atom is 0.268 e. The molecule has 3 atom stereocenters. The van der Waals surface area contributed by atoms with Crippen LogP contribution in [0.25, 0.3) is 0 Å². The van der Waals surface area contributed by atoms with Crippen LogP contribution in [0.1, 0.15) is 42.0 Å². The van der Waals surface area contributed by atoms with E-state index < -0.39 is 17.4 Å². The lowest BCUT2D eigenvalue weighted by Gasteiger charge is -2.36. The number of fused-ring (bicyclic) bond motifs is 3. The van der Waals surface area contributed by atoms with E-state index in [-0.39, 0.29) is 30.9 Å². The number of aryl methyl sites for hydroxylation is 1.